The Bertz CT molecular complexity index is 1190. The van der Waals surface area contributed by atoms with Crippen LogP contribution >= 0.6 is 0 Å². The third kappa shape index (κ3) is 5.00. The lowest BCUT2D eigenvalue weighted by Crippen LogP contribution is -2.22. The lowest BCUT2D eigenvalue weighted by molar-refractivity contribution is -0.385. The van der Waals surface area contributed by atoms with Crippen LogP contribution in [-0.2, 0) is 16.1 Å². The van der Waals surface area contributed by atoms with Crippen molar-refractivity contribution in [2.75, 3.05) is 14.2 Å². The molecule has 0 aliphatic carbocycles. The zero-order chi connectivity index (χ0) is 23.3. The highest BCUT2D eigenvalue weighted by Gasteiger charge is 2.18. The second-order valence-corrected chi connectivity index (χ2v) is 7.28. The first kappa shape index (κ1) is 22.7. The third-order valence-electron chi connectivity index (χ3n) is 5.17. The molecule has 0 saturated heterocycles. The van der Waals surface area contributed by atoms with Gasteiger partial charge in [-0.05, 0) is 29.2 Å². The number of hydrogen-bond donors (Lipinski definition) is 0. The van der Waals surface area contributed by atoms with Gasteiger partial charge in [0.25, 0.3) is 5.56 Å². The summed E-state index contributed by atoms with van der Waals surface area (Å²) >= 11 is 0. The van der Waals surface area contributed by atoms with Crippen molar-refractivity contribution in [3.8, 4) is 17.0 Å². The zero-order valence-corrected chi connectivity index (χ0v) is 18.0. The molecule has 0 aliphatic heterocycles. The maximum atomic E-state index is 13.0. The first-order valence-electron chi connectivity index (χ1n) is 9.88. The number of carbonyl (C=O) groups is 1. The fourth-order valence-electron chi connectivity index (χ4n) is 3.35. The summed E-state index contributed by atoms with van der Waals surface area (Å²) in [7, 11) is 2.70. The van der Waals surface area contributed by atoms with Gasteiger partial charge in [0.1, 0.15) is 5.69 Å². The molecule has 0 N–H and O–H groups in total. The van der Waals surface area contributed by atoms with Gasteiger partial charge in [-0.15, -0.1) is 0 Å². The monoisotopic (exact) mass is 437 g/mol. The summed E-state index contributed by atoms with van der Waals surface area (Å²) in [5, 5.41) is 11.1. The molecule has 3 aromatic rings. The van der Waals surface area contributed by atoms with E-state index in [0.29, 0.717) is 18.5 Å². The number of esters is 1. The van der Waals surface area contributed by atoms with Crippen molar-refractivity contribution in [3.05, 3.63) is 86.5 Å². The number of nitro groups is 1. The lowest BCUT2D eigenvalue weighted by Gasteiger charge is -2.12. The first-order chi connectivity index (χ1) is 15.3. The van der Waals surface area contributed by atoms with Crippen molar-refractivity contribution in [2.24, 2.45) is 0 Å². The highest BCUT2D eigenvalue weighted by molar-refractivity contribution is 5.70. The van der Waals surface area contributed by atoms with E-state index in [0.717, 1.165) is 11.1 Å². The molecule has 0 amide bonds. The summed E-state index contributed by atoms with van der Waals surface area (Å²) in [6.45, 7) is 2.27. The first-order valence-corrected chi connectivity index (χ1v) is 9.88. The maximum absolute atomic E-state index is 13.0. The molecule has 0 fully saturated rings. The van der Waals surface area contributed by atoms with Gasteiger partial charge in [0.2, 0.25) is 0 Å². The van der Waals surface area contributed by atoms with Crippen LogP contribution in [0.15, 0.2) is 59.7 Å². The molecule has 32 heavy (non-hydrogen) atoms. The minimum absolute atomic E-state index is 0.0175. The second kappa shape index (κ2) is 9.86. The van der Waals surface area contributed by atoms with Crippen LogP contribution in [0.3, 0.4) is 0 Å². The molecule has 9 nitrogen and oxygen atoms in total. The predicted molar refractivity (Wildman–Crippen MR) is 118 cm³/mol. The highest BCUT2D eigenvalue weighted by Crippen LogP contribution is 2.30. The van der Waals surface area contributed by atoms with Crippen LogP contribution in [0.1, 0.15) is 30.4 Å². The molecule has 166 valence electrons. The molecular weight excluding hydrogens is 414 g/mol. The van der Waals surface area contributed by atoms with E-state index in [1.165, 1.54) is 43.2 Å². The van der Waals surface area contributed by atoms with Crippen LogP contribution < -0.4 is 10.3 Å². The Morgan fingerprint density at radius 1 is 1.19 bits per heavy atom. The summed E-state index contributed by atoms with van der Waals surface area (Å²) in [5.74, 6) is -0.190. The Morgan fingerprint density at radius 3 is 2.53 bits per heavy atom. The molecule has 1 unspecified atom stereocenters. The Hall–Kier alpha value is -4.01. The minimum atomic E-state index is -0.547. The number of nitro benzene ring substituents is 1. The van der Waals surface area contributed by atoms with Crippen molar-refractivity contribution in [1.82, 2.24) is 9.55 Å². The van der Waals surface area contributed by atoms with E-state index in [4.69, 9.17) is 9.47 Å². The zero-order valence-electron chi connectivity index (χ0n) is 18.0. The number of hydrogen-bond acceptors (Lipinski definition) is 7. The molecule has 0 spiro atoms. The number of nitrogens with zero attached hydrogens (tertiary/aromatic N) is 3. The summed E-state index contributed by atoms with van der Waals surface area (Å²) < 4.78 is 11.3. The number of benzene rings is 2. The number of carbonyl (C=O) groups excluding carboxylic acids is 1. The van der Waals surface area contributed by atoms with Gasteiger partial charge in [0, 0.05) is 24.0 Å². The highest BCUT2D eigenvalue weighted by atomic mass is 16.6. The molecule has 0 bridgehead atoms. The van der Waals surface area contributed by atoms with Crippen LogP contribution in [-0.4, -0.2) is 34.7 Å². The smallest absolute Gasteiger partial charge is 0.310 e. The van der Waals surface area contributed by atoms with Crippen molar-refractivity contribution in [3.63, 3.8) is 0 Å². The summed E-state index contributed by atoms with van der Waals surface area (Å²) in [6, 6.07) is 11.9. The van der Waals surface area contributed by atoms with Crippen molar-refractivity contribution < 1.29 is 19.2 Å². The van der Waals surface area contributed by atoms with Gasteiger partial charge in [0.05, 0.1) is 32.1 Å². The SMILES string of the molecule is COC(=O)CC(C)c1ccc(Cn2ccnc(-c3ccc([N+](=O)[O-])c(OC)c3)c2=O)cc1. The summed E-state index contributed by atoms with van der Waals surface area (Å²) in [5.41, 5.74) is 1.99. The van der Waals surface area contributed by atoms with E-state index in [9.17, 15) is 19.7 Å². The largest absolute Gasteiger partial charge is 0.490 e. The molecule has 0 aliphatic rings. The minimum Gasteiger partial charge on any atom is -0.490 e. The fraction of sp³-hybridized carbons (Fsp3) is 0.261. The maximum Gasteiger partial charge on any atom is 0.310 e. The second-order valence-electron chi connectivity index (χ2n) is 7.28. The van der Waals surface area contributed by atoms with Gasteiger partial charge in [-0.1, -0.05) is 31.2 Å². The van der Waals surface area contributed by atoms with Crippen molar-refractivity contribution >= 4 is 11.7 Å². The normalized spacial score (nSPS) is 11.6. The Kier molecular flexibility index (Phi) is 6.99. The molecule has 1 atom stereocenters. The lowest BCUT2D eigenvalue weighted by atomic mass is 9.97. The van der Waals surface area contributed by atoms with Gasteiger partial charge in [0.15, 0.2) is 5.75 Å². The molecule has 1 aromatic heterocycles. The third-order valence-corrected chi connectivity index (χ3v) is 5.17. The summed E-state index contributed by atoms with van der Waals surface area (Å²) in [4.78, 5) is 39.2. The molecule has 9 heteroatoms. The van der Waals surface area contributed by atoms with E-state index >= 15 is 0 Å². The van der Waals surface area contributed by atoms with E-state index in [1.54, 1.807) is 6.20 Å². The molecule has 1 heterocycles. The van der Waals surface area contributed by atoms with Crippen LogP contribution in [0, 0.1) is 10.1 Å². The molecule has 0 radical (unpaired) electrons. The number of aromatic nitrogens is 2. The average molecular weight is 437 g/mol. The van der Waals surface area contributed by atoms with Gasteiger partial charge in [-0.2, -0.15) is 0 Å². The number of methoxy groups -OCH3 is 2. The topological polar surface area (TPSA) is 114 Å². The Morgan fingerprint density at radius 2 is 1.91 bits per heavy atom. The van der Waals surface area contributed by atoms with Gasteiger partial charge in [-0.25, -0.2) is 4.98 Å². The van der Waals surface area contributed by atoms with E-state index < -0.39 is 4.92 Å². The standard InChI is InChI=1S/C23H23N3O6/c1-15(12-21(27)32-3)17-6-4-16(5-7-17)14-25-11-10-24-22(23(25)28)18-8-9-19(26(29)30)20(13-18)31-2/h4-11,13,15H,12,14H2,1-3H3. The van der Waals surface area contributed by atoms with E-state index in [2.05, 4.69) is 4.98 Å². The van der Waals surface area contributed by atoms with Crippen molar-refractivity contribution in [2.45, 2.75) is 25.8 Å². The van der Waals surface area contributed by atoms with E-state index in [1.807, 2.05) is 31.2 Å². The Labute approximate surface area is 184 Å². The molecule has 0 saturated carbocycles. The molecular formula is C23H23N3O6. The molecule has 2 aromatic carbocycles. The summed E-state index contributed by atoms with van der Waals surface area (Å²) in [6.07, 6.45) is 3.39. The van der Waals surface area contributed by atoms with Gasteiger partial charge < -0.3 is 14.0 Å². The van der Waals surface area contributed by atoms with Gasteiger partial charge in [-0.3, -0.25) is 19.7 Å². The van der Waals surface area contributed by atoms with Crippen LogP contribution in [0.2, 0.25) is 0 Å². The van der Waals surface area contributed by atoms with Crippen LogP contribution in [0.5, 0.6) is 5.75 Å². The predicted octanol–water partition coefficient (Wildman–Crippen LogP) is 3.54. The van der Waals surface area contributed by atoms with Crippen LogP contribution in [0.25, 0.3) is 11.3 Å². The Balaban J connectivity index is 1.84. The quantitative estimate of drug-likeness (QED) is 0.301. The number of rotatable bonds is 8. The van der Waals surface area contributed by atoms with Gasteiger partial charge >= 0.3 is 11.7 Å². The number of ether oxygens (including phenoxy) is 2. The van der Waals surface area contributed by atoms with E-state index in [-0.39, 0.29) is 34.6 Å². The average Bonchev–Trinajstić information content (AvgIpc) is 2.80. The molecule has 3 rings (SSSR count). The van der Waals surface area contributed by atoms with Crippen LogP contribution in [0.4, 0.5) is 5.69 Å². The van der Waals surface area contributed by atoms with Crippen molar-refractivity contribution in [1.29, 1.82) is 0 Å². The fourth-order valence-corrected chi connectivity index (χ4v) is 3.35.